The summed E-state index contributed by atoms with van der Waals surface area (Å²) in [4.78, 5) is 31.0. The first-order chi connectivity index (χ1) is 14.7. The van der Waals surface area contributed by atoms with Crippen molar-refractivity contribution < 1.29 is 22.8 Å². The Bertz CT molecular complexity index is 916. The fourth-order valence-corrected chi connectivity index (χ4v) is 4.19. The molecule has 1 aliphatic heterocycles. The zero-order chi connectivity index (χ0) is 22.4. The van der Waals surface area contributed by atoms with E-state index in [4.69, 9.17) is 0 Å². The van der Waals surface area contributed by atoms with Crippen molar-refractivity contribution >= 4 is 28.3 Å². The van der Waals surface area contributed by atoms with Crippen LogP contribution in [0.3, 0.4) is 0 Å². The SMILES string of the molecule is C[C@H]1CCCCN1CCCNC(=O)c1csc(NC(=O)c2cccc(C(F)(F)F)c2)n1. The molecular formula is C21H25F3N4O2S. The van der Waals surface area contributed by atoms with Crippen LogP contribution in [0, 0.1) is 0 Å². The van der Waals surface area contributed by atoms with Gasteiger partial charge in [0.25, 0.3) is 11.8 Å². The number of piperidine rings is 1. The predicted molar refractivity (Wildman–Crippen MR) is 113 cm³/mol. The number of nitrogens with zero attached hydrogens (tertiary/aromatic N) is 2. The Hall–Kier alpha value is -2.46. The summed E-state index contributed by atoms with van der Waals surface area (Å²) in [5, 5.41) is 6.91. The molecule has 0 unspecified atom stereocenters. The van der Waals surface area contributed by atoms with Crippen LogP contribution >= 0.6 is 11.3 Å². The summed E-state index contributed by atoms with van der Waals surface area (Å²) in [6, 6.07) is 4.71. The maximum Gasteiger partial charge on any atom is 0.416 e. The van der Waals surface area contributed by atoms with E-state index in [1.165, 1.54) is 36.8 Å². The van der Waals surface area contributed by atoms with Crippen molar-refractivity contribution in [2.75, 3.05) is 25.0 Å². The molecule has 31 heavy (non-hydrogen) atoms. The largest absolute Gasteiger partial charge is 0.416 e. The molecule has 1 atom stereocenters. The molecule has 0 aliphatic carbocycles. The molecule has 10 heteroatoms. The zero-order valence-corrected chi connectivity index (χ0v) is 18.0. The predicted octanol–water partition coefficient (Wildman–Crippen LogP) is 4.41. The summed E-state index contributed by atoms with van der Waals surface area (Å²) < 4.78 is 38.4. The van der Waals surface area contributed by atoms with Crippen molar-refractivity contribution in [3.63, 3.8) is 0 Å². The number of anilines is 1. The highest BCUT2D eigenvalue weighted by Crippen LogP contribution is 2.29. The van der Waals surface area contributed by atoms with Gasteiger partial charge >= 0.3 is 6.18 Å². The molecule has 6 nitrogen and oxygen atoms in total. The van der Waals surface area contributed by atoms with E-state index in [0.29, 0.717) is 12.6 Å². The van der Waals surface area contributed by atoms with Gasteiger partial charge in [-0.15, -0.1) is 11.3 Å². The van der Waals surface area contributed by atoms with Gasteiger partial charge in [-0.25, -0.2) is 4.98 Å². The second-order valence-corrected chi connectivity index (χ2v) is 8.42. The first-order valence-corrected chi connectivity index (χ1v) is 11.1. The third-order valence-corrected chi connectivity index (χ3v) is 6.02. The van der Waals surface area contributed by atoms with Crippen molar-refractivity contribution in [3.8, 4) is 0 Å². The van der Waals surface area contributed by atoms with Crippen molar-refractivity contribution in [2.45, 2.75) is 44.8 Å². The van der Waals surface area contributed by atoms with E-state index in [2.05, 4.69) is 27.4 Å². The Kier molecular flexibility index (Phi) is 7.66. The lowest BCUT2D eigenvalue weighted by Gasteiger charge is -2.33. The van der Waals surface area contributed by atoms with Gasteiger partial charge in [-0.3, -0.25) is 14.9 Å². The van der Waals surface area contributed by atoms with Crippen LogP contribution in [-0.2, 0) is 6.18 Å². The third-order valence-electron chi connectivity index (χ3n) is 5.26. The summed E-state index contributed by atoms with van der Waals surface area (Å²) in [6.07, 6.45) is -0.0102. The topological polar surface area (TPSA) is 74.3 Å². The Morgan fingerprint density at radius 1 is 1.26 bits per heavy atom. The van der Waals surface area contributed by atoms with Crippen LogP contribution in [0.4, 0.5) is 18.3 Å². The number of thiazole rings is 1. The number of likely N-dealkylation sites (tertiary alicyclic amines) is 1. The number of amides is 2. The van der Waals surface area contributed by atoms with Crippen LogP contribution in [-0.4, -0.2) is 47.4 Å². The highest BCUT2D eigenvalue weighted by atomic mass is 32.1. The lowest BCUT2D eigenvalue weighted by molar-refractivity contribution is -0.137. The molecule has 168 valence electrons. The lowest BCUT2D eigenvalue weighted by Crippen LogP contribution is -2.39. The van der Waals surface area contributed by atoms with Crippen LogP contribution in [0.25, 0.3) is 0 Å². The number of carbonyl (C=O) groups excluding carboxylic acids is 2. The Morgan fingerprint density at radius 2 is 2.06 bits per heavy atom. The summed E-state index contributed by atoms with van der Waals surface area (Å²) >= 11 is 1.04. The van der Waals surface area contributed by atoms with E-state index < -0.39 is 17.6 Å². The lowest BCUT2D eigenvalue weighted by atomic mass is 10.0. The molecular weight excluding hydrogens is 429 g/mol. The first-order valence-electron chi connectivity index (χ1n) is 10.2. The minimum Gasteiger partial charge on any atom is -0.351 e. The van der Waals surface area contributed by atoms with E-state index >= 15 is 0 Å². The van der Waals surface area contributed by atoms with E-state index in [1.54, 1.807) is 0 Å². The van der Waals surface area contributed by atoms with Gasteiger partial charge in [-0.1, -0.05) is 12.5 Å². The van der Waals surface area contributed by atoms with Crippen molar-refractivity contribution in [1.29, 1.82) is 0 Å². The quantitative estimate of drug-likeness (QED) is 0.608. The number of carbonyl (C=O) groups is 2. The Labute approximate surface area is 182 Å². The standard InChI is InChI=1S/C21H25F3N4O2S/c1-14-6-2-3-10-28(14)11-5-9-25-19(30)17-13-31-20(26-17)27-18(29)15-7-4-8-16(12-15)21(22,23)24/h4,7-8,12-14H,2-3,5-6,9-11H2,1H3,(H,25,30)(H,26,27,29)/t14-/m0/s1. The molecule has 1 aromatic carbocycles. The van der Waals surface area contributed by atoms with Crippen LogP contribution in [0.1, 0.15) is 59.0 Å². The average molecular weight is 455 g/mol. The highest BCUT2D eigenvalue weighted by Gasteiger charge is 2.31. The number of hydrogen-bond donors (Lipinski definition) is 2. The molecule has 2 aromatic rings. The molecule has 1 fully saturated rings. The molecule has 2 N–H and O–H groups in total. The van der Waals surface area contributed by atoms with Crippen LogP contribution in [0.15, 0.2) is 29.6 Å². The molecule has 2 heterocycles. The van der Waals surface area contributed by atoms with E-state index in [9.17, 15) is 22.8 Å². The fraction of sp³-hybridized carbons (Fsp3) is 0.476. The normalized spacial score (nSPS) is 17.4. The van der Waals surface area contributed by atoms with Gasteiger partial charge < -0.3 is 10.2 Å². The van der Waals surface area contributed by atoms with Gasteiger partial charge in [0.15, 0.2) is 5.13 Å². The molecule has 0 radical (unpaired) electrons. The minimum atomic E-state index is -4.53. The van der Waals surface area contributed by atoms with Gasteiger partial charge in [-0.2, -0.15) is 13.2 Å². The van der Waals surface area contributed by atoms with E-state index in [0.717, 1.165) is 43.0 Å². The molecule has 1 aliphatic rings. The monoisotopic (exact) mass is 454 g/mol. The number of benzene rings is 1. The fourth-order valence-electron chi connectivity index (χ4n) is 3.51. The molecule has 3 rings (SSSR count). The van der Waals surface area contributed by atoms with Crippen molar-refractivity contribution in [1.82, 2.24) is 15.2 Å². The van der Waals surface area contributed by atoms with Crippen molar-refractivity contribution in [3.05, 3.63) is 46.5 Å². The van der Waals surface area contributed by atoms with Gasteiger partial charge in [0, 0.05) is 30.1 Å². The van der Waals surface area contributed by atoms with Gasteiger partial charge in [0.05, 0.1) is 5.56 Å². The van der Waals surface area contributed by atoms with Gasteiger partial charge in [-0.05, 0) is 50.9 Å². The summed E-state index contributed by atoms with van der Waals surface area (Å²) in [5.74, 6) is -1.06. The maximum absolute atomic E-state index is 12.8. The molecule has 2 amide bonds. The summed E-state index contributed by atoms with van der Waals surface area (Å²) in [7, 11) is 0. The number of alkyl halides is 3. The zero-order valence-electron chi connectivity index (χ0n) is 17.2. The van der Waals surface area contributed by atoms with Crippen LogP contribution < -0.4 is 10.6 Å². The molecule has 0 spiro atoms. The van der Waals surface area contributed by atoms with E-state index in [1.807, 2.05) is 0 Å². The molecule has 0 saturated carbocycles. The maximum atomic E-state index is 12.8. The van der Waals surface area contributed by atoms with Crippen LogP contribution in [0.5, 0.6) is 0 Å². The number of nitrogens with one attached hydrogen (secondary N) is 2. The number of halogens is 3. The average Bonchev–Trinajstić information content (AvgIpc) is 3.20. The van der Waals surface area contributed by atoms with Crippen LogP contribution in [0.2, 0.25) is 0 Å². The third kappa shape index (κ3) is 6.51. The second-order valence-electron chi connectivity index (χ2n) is 7.56. The Balaban J connectivity index is 1.48. The van der Waals surface area contributed by atoms with Gasteiger partial charge in [0.2, 0.25) is 0 Å². The van der Waals surface area contributed by atoms with Gasteiger partial charge in [0.1, 0.15) is 5.69 Å². The smallest absolute Gasteiger partial charge is 0.351 e. The second kappa shape index (κ2) is 10.2. The molecule has 1 saturated heterocycles. The molecule has 1 aromatic heterocycles. The summed E-state index contributed by atoms with van der Waals surface area (Å²) in [5.41, 5.74) is -0.878. The highest BCUT2D eigenvalue weighted by molar-refractivity contribution is 7.14. The Morgan fingerprint density at radius 3 is 2.81 bits per heavy atom. The minimum absolute atomic E-state index is 0.136. The summed E-state index contributed by atoms with van der Waals surface area (Å²) in [6.45, 7) is 4.76. The first kappa shape index (κ1) is 23.2. The number of aromatic nitrogens is 1. The number of hydrogen-bond acceptors (Lipinski definition) is 5. The van der Waals surface area contributed by atoms with E-state index in [-0.39, 0.29) is 22.3 Å². The number of rotatable bonds is 7. The van der Waals surface area contributed by atoms with Crippen molar-refractivity contribution in [2.24, 2.45) is 0 Å². The molecule has 0 bridgehead atoms.